The molecule has 4 aromatic heterocycles. The van der Waals surface area contributed by atoms with Crippen molar-refractivity contribution in [2.45, 2.75) is 66.8 Å². The van der Waals surface area contributed by atoms with Crippen LogP contribution in [0.2, 0.25) is 0 Å². The largest absolute Gasteiger partial charge is 0.481 e. The molecule has 4 N–H and O–H groups in total. The van der Waals surface area contributed by atoms with Crippen LogP contribution in [0.3, 0.4) is 0 Å². The second kappa shape index (κ2) is 13.3. The van der Waals surface area contributed by atoms with Crippen LogP contribution < -0.4 is 5.32 Å². The number of aromatic nitrogens is 6. The molecule has 6 rings (SSSR count). The highest BCUT2D eigenvalue weighted by Gasteiger charge is 2.23. The number of H-pyrrole nitrogens is 2. The molecule has 252 valence electrons. The minimum atomic E-state index is -0.889. The number of hydrogen-bond acceptors (Lipinski definition) is 7. The Balaban J connectivity index is 1.39. The summed E-state index contributed by atoms with van der Waals surface area (Å²) in [6, 6.07) is 12.1. The average molecular weight is 663 g/mol. The summed E-state index contributed by atoms with van der Waals surface area (Å²) in [6.45, 7) is 10.2. The summed E-state index contributed by atoms with van der Waals surface area (Å²) in [5.41, 5.74) is 12.2. The van der Waals surface area contributed by atoms with Gasteiger partial charge in [0.15, 0.2) is 5.82 Å². The standard InChI is InChI=1S/C36H38N8O5/c1-19-12-25-15-30-21(3)26(6-8-34(45)37-10-11-43-23(5)38-18-35(43)44(48)49)32(41-30)17-33-27(7-9-36(46)47)22(4)31(42-33)16-29-20(2)13-24(40-29)14-28(19)39-25/h12-18,39-40H,6-11H2,1-5H3,(H,37,45)(H,46,47). The number of carboxylic acids is 1. The molecule has 0 saturated heterocycles. The smallest absolute Gasteiger partial charge is 0.342 e. The van der Waals surface area contributed by atoms with Gasteiger partial charge in [-0.25, -0.2) is 19.5 Å². The minimum Gasteiger partial charge on any atom is -0.481 e. The Morgan fingerprint density at radius 3 is 2.00 bits per heavy atom. The van der Waals surface area contributed by atoms with Crippen molar-refractivity contribution in [3.63, 3.8) is 0 Å². The second-order valence-electron chi connectivity index (χ2n) is 12.5. The number of imidazole rings is 1. The molecule has 2 aliphatic rings. The van der Waals surface area contributed by atoms with E-state index in [2.05, 4.69) is 45.4 Å². The summed E-state index contributed by atoms with van der Waals surface area (Å²) < 4.78 is 1.46. The van der Waals surface area contributed by atoms with E-state index in [-0.39, 0.29) is 37.7 Å². The monoisotopic (exact) mass is 662 g/mol. The van der Waals surface area contributed by atoms with Gasteiger partial charge in [0, 0.05) is 41.8 Å². The number of nitrogens with one attached hydrogen (secondary N) is 3. The SMILES string of the molecule is CC1=C(CCC(=O)O)c2cc3nc(cc4cc(C)c(cc5cc(C)c(cc1n2)[nH]5)[nH]4)C(C)=C3CCC(=O)NCCn1c([N+](=O)[O-])cnc1C. The molecule has 0 aliphatic carbocycles. The average Bonchev–Trinajstić information content (AvgIpc) is 3.81. The minimum absolute atomic E-state index is 0.0387. The number of amides is 1. The quantitative estimate of drug-likeness (QED) is 0.107. The first kappa shape index (κ1) is 33.1. The molecule has 8 bridgehead atoms. The van der Waals surface area contributed by atoms with Gasteiger partial charge in [-0.3, -0.25) is 9.59 Å². The van der Waals surface area contributed by atoms with Crippen LogP contribution in [-0.4, -0.2) is 57.9 Å². The van der Waals surface area contributed by atoms with Gasteiger partial charge in [0.25, 0.3) is 0 Å². The summed E-state index contributed by atoms with van der Waals surface area (Å²) in [4.78, 5) is 56.5. The maximum Gasteiger partial charge on any atom is 0.342 e. The summed E-state index contributed by atoms with van der Waals surface area (Å²) in [5.74, 6) is -0.705. The van der Waals surface area contributed by atoms with E-state index >= 15 is 0 Å². The molecular weight excluding hydrogens is 624 g/mol. The number of allylic oxidation sites excluding steroid dienone is 4. The molecule has 0 unspecified atom stereocenters. The Hall–Kier alpha value is -5.85. The number of carboxylic acid groups (broad SMARTS) is 1. The van der Waals surface area contributed by atoms with E-state index in [0.717, 1.165) is 66.9 Å². The zero-order valence-corrected chi connectivity index (χ0v) is 28.1. The summed E-state index contributed by atoms with van der Waals surface area (Å²) in [5, 5.41) is 23.7. The molecule has 2 aliphatic heterocycles. The molecule has 0 radical (unpaired) electrons. The van der Waals surface area contributed by atoms with E-state index in [9.17, 15) is 24.8 Å². The van der Waals surface area contributed by atoms with Crippen LogP contribution >= 0.6 is 0 Å². The summed E-state index contributed by atoms with van der Waals surface area (Å²) in [6.07, 6.45) is 2.05. The zero-order valence-electron chi connectivity index (χ0n) is 28.1. The molecule has 49 heavy (non-hydrogen) atoms. The third-order valence-electron chi connectivity index (χ3n) is 9.14. The van der Waals surface area contributed by atoms with Gasteiger partial charge in [-0.2, -0.15) is 0 Å². The number of carbonyl (C=O) groups is 2. The molecule has 4 aromatic rings. The fourth-order valence-electron chi connectivity index (χ4n) is 6.38. The van der Waals surface area contributed by atoms with Gasteiger partial charge < -0.3 is 30.5 Å². The lowest BCUT2D eigenvalue weighted by atomic mass is 9.98. The van der Waals surface area contributed by atoms with Crippen LogP contribution in [0.1, 0.15) is 79.3 Å². The van der Waals surface area contributed by atoms with Gasteiger partial charge in [-0.15, -0.1) is 0 Å². The zero-order chi connectivity index (χ0) is 35.0. The molecule has 1 amide bonds. The third-order valence-corrected chi connectivity index (χ3v) is 9.14. The lowest BCUT2D eigenvalue weighted by Gasteiger charge is -2.08. The number of aliphatic carboxylic acids is 1. The molecule has 13 heteroatoms. The maximum atomic E-state index is 13.0. The molecular formula is C36H38N8O5. The first-order valence-corrected chi connectivity index (χ1v) is 16.1. The number of carbonyl (C=O) groups excluding carboxylic acids is 1. The molecule has 13 nitrogen and oxygen atoms in total. The van der Waals surface area contributed by atoms with E-state index in [1.165, 1.54) is 10.8 Å². The van der Waals surface area contributed by atoms with Gasteiger partial charge in [-0.05, 0) is 115 Å². The van der Waals surface area contributed by atoms with Crippen molar-refractivity contribution in [3.8, 4) is 0 Å². The van der Waals surface area contributed by atoms with E-state index in [1.54, 1.807) is 6.92 Å². The first-order valence-electron chi connectivity index (χ1n) is 16.1. The Morgan fingerprint density at radius 2 is 1.39 bits per heavy atom. The maximum absolute atomic E-state index is 13.0. The van der Waals surface area contributed by atoms with Crippen LogP contribution in [0.25, 0.3) is 44.4 Å². The van der Waals surface area contributed by atoms with Crippen LogP contribution in [0.15, 0.2) is 42.6 Å². The first-order chi connectivity index (χ1) is 23.4. The van der Waals surface area contributed by atoms with Crippen LogP contribution in [0.4, 0.5) is 5.82 Å². The third kappa shape index (κ3) is 6.91. The number of fused-ring (bicyclic) bond motifs is 8. The number of hydrogen-bond donors (Lipinski definition) is 4. The number of aryl methyl sites for hydroxylation is 3. The molecule has 0 fully saturated rings. The Labute approximate surface area is 282 Å². The Bertz CT molecular complexity index is 2250. The van der Waals surface area contributed by atoms with Gasteiger partial charge in [-0.1, -0.05) is 0 Å². The molecule has 6 heterocycles. The fourth-order valence-corrected chi connectivity index (χ4v) is 6.38. The topological polar surface area (TPSA) is 185 Å². The van der Waals surface area contributed by atoms with Crippen molar-refractivity contribution in [1.82, 2.24) is 34.8 Å². The van der Waals surface area contributed by atoms with Crippen molar-refractivity contribution >= 4 is 62.1 Å². The highest BCUT2D eigenvalue weighted by molar-refractivity contribution is 5.96. The van der Waals surface area contributed by atoms with Gasteiger partial charge in [0.1, 0.15) is 12.7 Å². The number of nitrogens with zero attached hydrogens (tertiary/aromatic N) is 5. The second-order valence-corrected chi connectivity index (χ2v) is 12.5. The molecule has 0 atom stereocenters. The fraction of sp³-hybridized carbons (Fsp3) is 0.306. The molecule has 0 aromatic carbocycles. The number of rotatable bonds is 10. The van der Waals surface area contributed by atoms with Gasteiger partial charge >= 0.3 is 11.8 Å². The van der Waals surface area contributed by atoms with E-state index in [4.69, 9.17) is 9.97 Å². The number of aromatic amines is 2. The molecule has 0 saturated carbocycles. The van der Waals surface area contributed by atoms with Gasteiger partial charge in [0.2, 0.25) is 5.91 Å². The molecule has 0 spiro atoms. The predicted molar refractivity (Wildman–Crippen MR) is 188 cm³/mol. The van der Waals surface area contributed by atoms with Crippen molar-refractivity contribution < 1.29 is 19.6 Å². The van der Waals surface area contributed by atoms with E-state index < -0.39 is 10.9 Å². The van der Waals surface area contributed by atoms with Crippen molar-refractivity contribution in [1.29, 1.82) is 0 Å². The number of nitro groups is 1. The van der Waals surface area contributed by atoms with Gasteiger partial charge in [0.05, 0.1) is 29.3 Å². The van der Waals surface area contributed by atoms with Crippen LogP contribution in [-0.2, 0) is 16.1 Å². The van der Waals surface area contributed by atoms with Crippen molar-refractivity contribution in [2.75, 3.05) is 6.54 Å². The van der Waals surface area contributed by atoms with E-state index in [1.807, 2.05) is 39.0 Å². The van der Waals surface area contributed by atoms with E-state index in [0.29, 0.717) is 30.1 Å². The van der Waals surface area contributed by atoms with Crippen LogP contribution in [0, 0.1) is 30.9 Å². The lowest BCUT2D eigenvalue weighted by molar-refractivity contribution is -0.392. The Morgan fingerprint density at radius 1 is 0.816 bits per heavy atom. The lowest BCUT2D eigenvalue weighted by Crippen LogP contribution is -2.27. The normalized spacial score (nSPS) is 12.9. The summed E-state index contributed by atoms with van der Waals surface area (Å²) in [7, 11) is 0. The predicted octanol–water partition coefficient (Wildman–Crippen LogP) is 6.67. The highest BCUT2D eigenvalue weighted by Crippen LogP contribution is 2.37. The van der Waals surface area contributed by atoms with Crippen molar-refractivity contribution in [2.24, 2.45) is 0 Å². The van der Waals surface area contributed by atoms with Crippen LogP contribution in [0.5, 0.6) is 0 Å². The Kier molecular flexibility index (Phi) is 9.00. The van der Waals surface area contributed by atoms with Crippen molar-refractivity contribution in [3.05, 3.63) is 92.4 Å². The summed E-state index contributed by atoms with van der Waals surface area (Å²) >= 11 is 0. The highest BCUT2D eigenvalue weighted by atomic mass is 16.6.